The number of benzene rings is 1. The van der Waals surface area contributed by atoms with Crippen molar-refractivity contribution in [2.24, 2.45) is 0 Å². The summed E-state index contributed by atoms with van der Waals surface area (Å²) < 4.78 is 7.03. The first-order valence-electron chi connectivity index (χ1n) is 8.25. The predicted octanol–water partition coefficient (Wildman–Crippen LogP) is 3.08. The van der Waals surface area contributed by atoms with Crippen molar-refractivity contribution in [3.05, 3.63) is 69.9 Å². The van der Waals surface area contributed by atoms with Crippen molar-refractivity contribution in [1.82, 2.24) is 20.3 Å². The molecule has 0 saturated heterocycles. The van der Waals surface area contributed by atoms with Crippen molar-refractivity contribution in [2.45, 2.75) is 40.8 Å². The lowest BCUT2D eigenvalue weighted by molar-refractivity contribution is 0.0949. The molecular weight excluding hydrogens is 316 g/mol. The highest BCUT2D eigenvalue weighted by Crippen LogP contribution is 2.16. The maximum atomic E-state index is 12.4. The number of rotatable bonds is 5. The highest BCUT2D eigenvalue weighted by molar-refractivity contribution is 5.96. The van der Waals surface area contributed by atoms with Crippen molar-refractivity contribution in [2.75, 3.05) is 0 Å². The number of nitrogens with one attached hydrogen (secondary N) is 1. The maximum Gasteiger partial charge on any atom is 0.257 e. The second-order valence-electron chi connectivity index (χ2n) is 6.17. The largest absolute Gasteiger partial charge is 0.361 e. The normalized spacial score (nSPS) is 10.9. The van der Waals surface area contributed by atoms with Crippen LogP contribution >= 0.6 is 0 Å². The van der Waals surface area contributed by atoms with Crippen molar-refractivity contribution in [3.63, 3.8) is 0 Å². The van der Waals surface area contributed by atoms with Crippen LogP contribution < -0.4 is 5.32 Å². The number of aryl methyl sites for hydroxylation is 3. The minimum absolute atomic E-state index is 0.175. The van der Waals surface area contributed by atoms with Crippen LogP contribution in [0.1, 0.15) is 44.3 Å². The molecule has 1 N–H and O–H groups in total. The molecule has 3 rings (SSSR count). The van der Waals surface area contributed by atoms with Crippen LogP contribution in [0.4, 0.5) is 0 Å². The molecule has 0 saturated carbocycles. The highest BCUT2D eigenvalue weighted by atomic mass is 16.5. The molecule has 3 aromatic rings. The Hall–Kier alpha value is -2.89. The third-order valence-corrected chi connectivity index (χ3v) is 4.39. The van der Waals surface area contributed by atoms with Crippen molar-refractivity contribution < 1.29 is 9.32 Å². The molecule has 0 unspecified atom stereocenters. The van der Waals surface area contributed by atoms with Crippen LogP contribution in [0.2, 0.25) is 0 Å². The molecule has 1 amide bonds. The molecule has 2 heterocycles. The number of carbonyl (C=O) groups excluding carboxylic acids is 1. The van der Waals surface area contributed by atoms with Crippen LogP contribution in [0.3, 0.4) is 0 Å². The molecule has 6 nitrogen and oxygen atoms in total. The van der Waals surface area contributed by atoms with E-state index in [4.69, 9.17) is 4.52 Å². The molecule has 130 valence electrons. The lowest BCUT2D eigenvalue weighted by Crippen LogP contribution is -2.24. The summed E-state index contributed by atoms with van der Waals surface area (Å²) >= 11 is 0. The van der Waals surface area contributed by atoms with Gasteiger partial charge in [-0.25, -0.2) is 0 Å². The van der Waals surface area contributed by atoms with Crippen LogP contribution in [0.25, 0.3) is 0 Å². The van der Waals surface area contributed by atoms with Crippen LogP contribution in [0, 0.1) is 27.7 Å². The van der Waals surface area contributed by atoms with Crippen LogP contribution in [0.15, 0.2) is 34.9 Å². The second kappa shape index (κ2) is 6.93. The van der Waals surface area contributed by atoms with E-state index in [0.29, 0.717) is 30.1 Å². The molecule has 0 fully saturated rings. The number of aromatic nitrogens is 3. The van der Waals surface area contributed by atoms with E-state index in [9.17, 15) is 4.79 Å². The molecule has 0 atom stereocenters. The zero-order chi connectivity index (χ0) is 18.0. The number of nitrogens with zero attached hydrogens (tertiary/aromatic N) is 3. The number of amides is 1. The topological polar surface area (TPSA) is 73.0 Å². The Morgan fingerprint density at radius 3 is 2.48 bits per heavy atom. The molecule has 0 aliphatic rings. The van der Waals surface area contributed by atoms with Crippen LogP contribution in [-0.2, 0) is 13.1 Å². The van der Waals surface area contributed by atoms with E-state index in [1.54, 1.807) is 13.8 Å². The van der Waals surface area contributed by atoms with Gasteiger partial charge in [-0.05, 0) is 33.3 Å². The van der Waals surface area contributed by atoms with Gasteiger partial charge in [0, 0.05) is 17.8 Å². The molecule has 0 spiro atoms. The molecule has 2 aromatic heterocycles. The van der Waals surface area contributed by atoms with Gasteiger partial charge >= 0.3 is 0 Å². The van der Waals surface area contributed by atoms with E-state index in [2.05, 4.69) is 27.7 Å². The van der Waals surface area contributed by atoms with E-state index >= 15 is 0 Å². The fourth-order valence-corrected chi connectivity index (χ4v) is 2.96. The molecule has 25 heavy (non-hydrogen) atoms. The van der Waals surface area contributed by atoms with Gasteiger partial charge in [-0.2, -0.15) is 5.10 Å². The number of hydrogen-bond acceptors (Lipinski definition) is 4. The van der Waals surface area contributed by atoms with Gasteiger partial charge in [-0.3, -0.25) is 9.48 Å². The second-order valence-corrected chi connectivity index (χ2v) is 6.17. The highest BCUT2D eigenvalue weighted by Gasteiger charge is 2.19. The Morgan fingerprint density at radius 1 is 1.12 bits per heavy atom. The maximum absolute atomic E-state index is 12.4. The molecule has 0 aliphatic carbocycles. The molecule has 6 heteroatoms. The van der Waals surface area contributed by atoms with Gasteiger partial charge in [0.1, 0.15) is 11.3 Å². The standard InChI is InChI=1S/C19H22N4O2/c1-12-17(10-20-19(24)18-13(2)22-25-15(18)4)14(3)23(21-12)11-16-8-6-5-7-9-16/h5-9H,10-11H2,1-4H3,(H,20,24). The van der Waals surface area contributed by atoms with Gasteiger partial charge in [0.25, 0.3) is 5.91 Å². The minimum Gasteiger partial charge on any atom is -0.361 e. The van der Waals surface area contributed by atoms with Gasteiger partial charge < -0.3 is 9.84 Å². The summed E-state index contributed by atoms with van der Waals surface area (Å²) in [6.45, 7) is 8.63. The lowest BCUT2D eigenvalue weighted by Gasteiger charge is -2.07. The average Bonchev–Trinajstić information content (AvgIpc) is 3.06. The summed E-state index contributed by atoms with van der Waals surface area (Å²) in [6, 6.07) is 10.2. The summed E-state index contributed by atoms with van der Waals surface area (Å²) in [6.07, 6.45) is 0. The Kier molecular flexibility index (Phi) is 4.70. The summed E-state index contributed by atoms with van der Waals surface area (Å²) in [5.41, 5.74) is 5.32. The van der Waals surface area contributed by atoms with Gasteiger partial charge in [-0.1, -0.05) is 35.5 Å². The van der Waals surface area contributed by atoms with E-state index in [1.165, 1.54) is 5.56 Å². The molecule has 0 bridgehead atoms. The molecular formula is C19H22N4O2. The SMILES string of the molecule is Cc1nn(Cc2ccccc2)c(C)c1CNC(=O)c1c(C)noc1C. The molecule has 1 aromatic carbocycles. The van der Waals surface area contributed by atoms with Crippen molar-refractivity contribution in [1.29, 1.82) is 0 Å². The zero-order valence-electron chi connectivity index (χ0n) is 15.0. The summed E-state index contributed by atoms with van der Waals surface area (Å²) in [5.74, 6) is 0.356. The summed E-state index contributed by atoms with van der Waals surface area (Å²) in [5, 5.41) is 11.4. The third-order valence-electron chi connectivity index (χ3n) is 4.39. The first-order chi connectivity index (χ1) is 12.0. The lowest BCUT2D eigenvalue weighted by atomic mass is 10.1. The van der Waals surface area contributed by atoms with Gasteiger partial charge in [0.2, 0.25) is 0 Å². The first-order valence-corrected chi connectivity index (χ1v) is 8.25. The Labute approximate surface area is 146 Å². The van der Waals surface area contributed by atoms with Gasteiger partial charge in [0.05, 0.1) is 17.9 Å². The summed E-state index contributed by atoms with van der Waals surface area (Å²) in [4.78, 5) is 12.4. The van der Waals surface area contributed by atoms with Crippen LogP contribution in [0.5, 0.6) is 0 Å². The Bertz CT molecular complexity index is 874. The van der Waals surface area contributed by atoms with E-state index in [1.807, 2.05) is 36.7 Å². The fraction of sp³-hybridized carbons (Fsp3) is 0.316. The molecule has 0 aliphatic heterocycles. The van der Waals surface area contributed by atoms with Crippen LogP contribution in [-0.4, -0.2) is 20.8 Å². The predicted molar refractivity (Wildman–Crippen MR) is 94.4 cm³/mol. The Balaban J connectivity index is 1.74. The zero-order valence-corrected chi connectivity index (χ0v) is 15.0. The van der Waals surface area contributed by atoms with Crippen molar-refractivity contribution >= 4 is 5.91 Å². The smallest absolute Gasteiger partial charge is 0.257 e. The van der Waals surface area contributed by atoms with Gasteiger partial charge in [-0.15, -0.1) is 0 Å². The summed E-state index contributed by atoms with van der Waals surface area (Å²) in [7, 11) is 0. The molecule has 0 radical (unpaired) electrons. The number of carbonyl (C=O) groups is 1. The van der Waals surface area contributed by atoms with E-state index < -0.39 is 0 Å². The third kappa shape index (κ3) is 3.47. The minimum atomic E-state index is -0.175. The number of hydrogen-bond donors (Lipinski definition) is 1. The quantitative estimate of drug-likeness (QED) is 0.776. The van der Waals surface area contributed by atoms with E-state index in [0.717, 1.165) is 17.0 Å². The fourth-order valence-electron chi connectivity index (χ4n) is 2.96. The van der Waals surface area contributed by atoms with Crippen molar-refractivity contribution in [3.8, 4) is 0 Å². The average molecular weight is 338 g/mol. The Morgan fingerprint density at radius 2 is 1.84 bits per heavy atom. The van der Waals surface area contributed by atoms with E-state index in [-0.39, 0.29) is 5.91 Å². The monoisotopic (exact) mass is 338 g/mol. The van der Waals surface area contributed by atoms with Gasteiger partial charge in [0.15, 0.2) is 0 Å². The first kappa shape index (κ1) is 17.0.